The van der Waals surface area contributed by atoms with E-state index in [1.54, 1.807) is 0 Å². The van der Waals surface area contributed by atoms with Crippen LogP contribution in [0.15, 0.2) is 18.2 Å². The Morgan fingerprint density at radius 1 is 1.38 bits per heavy atom. The lowest BCUT2D eigenvalue weighted by Crippen LogP contribution is -2.15. The number of anilines is 1. The second-order valence-electron chi connectivity index (χ2n) is 4.31. The standard InChI is InChI=1S/C12H12F2N2/c13-9-1-2-11(10(14)7-9)16-8-12(3-4-12)5-6-15/h1-2,7,16H,3-5,8H2. The Balaban J connectivity index is 1.98. The molecule has 1 aliphatic rings. The quantitative estimate of drug-likeness (QED) is 0.849. The van der Waals surface area contributed by atoms with E-state index in [4.69, 9.17) is 5.26 Å². The van der Waals surface area contributed by atoms with Gasteiger partial charge < -0.3 is 5.32 Å². The molecule has 0 amide bonds. The predicted molar refractivity (Wildman–Crippen MR) is 56.7 cm³/mol. The molecule has 0 spiro atoms. The number of nitriles is 1. The molecule has 0 radical (unpaired) electrons. The lowest BCUT2D eigenvalue weighted by molar-refractivity contribution is 0.550. The van der Waals surface area contributed by atoms with Gasteiger partial charge in [0.15, 0.2) is 0 Å². The van der Waals surface area contributed by atoms with Crippen molar-refractivity contribution in [2.75, 3.05) is 11.9 Å². The zero-order valence-corrected chi connectivity index (χ0v) is 8.76. The van der Waals surface area contributed by atoms with Crippen molar-refractivity contribution in [2.24, 2.45) is 5.41 Å². The Morgan fingerprint density at radius 2 is 2.12 bits per heavy atom. The number of rotatable bonds is 4. The van der Waals surface area contributed by atoms with Gasteiger partial charge in [0.2, 0.25) is 0 Å². The highest BCUT2D eigenvalue weighted by Gasteiger charge is 2.42. The molecule has 0 unspecified atom stereocenters. The van der Waals surface area contributed by atoms with Crippen LogP contribution in [0, 0.1) is 28.4 Å². The number of hydrogen-bond acceptors (Lipinski definition) is 2. The van der Waals surface area contributed by atoms with Gasteiger partial charge in [-0.3, -0.25) is 0 Å². The number of halogens is 2. The van der Waals surface area contributed by atoms with E-state index >= 15 is 0 Å². The van der Waals surface area contributed by atoms with Crippen molar-refractivity contribution in [1.82, 2.24) is 0 Å². The Hall–Kier alpha value is -1.63. The summed E-state index contributed by atoms with van der Waals surface area (Å²) in [5.74, 6) is -1.17. The van der Waals surface area contributed by atoms with Crippen LogP contribution in [0.1, 0.15) is 19.3 Å². The van der Waals surface area contributed by atoms with Crippen molar-refractivity contribution in [3.63, 3.8) is 0 Å². The predicted octanol–water partition coefficient (Wildman–Crippen LogP) is 3.07. The molecule has 1 fully saturated rings. The third-order valence-corrected chi connectivity index (χ3v) is 3.00. The van der Waals surface area contributed by atoms with Gasteiger partial charge >= 0.3 is 0 Å². The molecule has 1 aromatic rings. The molecule has 2 rings (SSSR count). The van der Waals surface area contributed by atoms with E-state index in [1.807, 2.05) is 0 Å². The van der Waals surface area contributed by atoms with Crippen molar-refractivity contribution >= 4 is 5.69 Å². The largest absolute Gasteiger partial charge is 0.382 e. The van der Waals surface area contributed by atoms with E-state index in [9.17, 15) is 8.78 Å². The smallest absolute Gasteiger partial charge is 0.149 e. The maximum Gasteiger partial charge on any atom is 0.149 e. The van der Waals surface area contributed by atoms with Crippen LogP contribution < -0.4 is 5.32 Å². The maximum absolute atomic E-state index is 13.3. The fraction of sp³-hybridized carbons (Fsp3) is 0.417. The first-order chi connectivity index (χ1) is 7.65. The van der Waals surface area contributed by atoms with Gasteiger partial charge in [-0.2, -0.15) is 5.26 Å². The molecule has 16 heavy (non-hydrogen) atoms. The van der Waals surface area contributed by atoms with Crippen molar-refractivity contribution in [1.29, 1.82) is 5.26 Å². The van der Waals surface area contributed by atoms with Crippen LogP contribution in [-0.2, 0) is 0 Å². The summed E-state index contributed by atoms with van der Waals surface area (Å²) in [6.45, 7) is 0.573. The lowest BCUT2D eigenvalue weighted by Gasteiger charge is -2.13. The number of nitrogens with zero attached hydrogens (tertiary/aromatic N) is 1. The average Bonchev–Trinajstić information content (AvgIpc) is 2.98. The molecule has 1 N–H and O–H groups in total. The first-order valence-electron chi connectivity index (χ1n) is 5.21. The van der Waals surface area contributed by atoms with Gasteiger partial charge in [-0.15, -0.1) is 0 Å². The minimum absolute atomic E-state index is 0.00950. The molecule has 4 heteroatoms. The maximum atomic E-state index is 13.3. The van der Waals surface area contributed by atoms with Crippen molar-refractivity contribution in [3.05, 3.63) is 29.8 Å². The second-order valence-corrected chi connectivity index (χ2v) is 4.31. The van der Waals surface area contributed by atoms with Crippen molar-refractivity contribution < 1.29 is 8.78 Å². The number of hydrogen-bond donors (Lipinski definition) is 1. The Morgan fingerprint density at radius 3 is 2.69 bits per heavy atom. The SMILES string of the molecule is N#CCC1(CNc2ccc(F)cc2F)CC1. The molecule has 0 saturated heterocycles. The van der Waals surface area contributed by atoms with Crippen molar-refractivity contribution in [3.8, 4) is 6.07 Å². The average molecular weight is 222 g/mol. The summed E-state index contributed by atoms with van der Waals surface area (Å²) < 4.78 is 25.9. The molecule has 0 atom stereocenters. The van der Waals surface area contributed by atoms with Crippen LogP contribution in [0.4, 0.5) is 14.5 Å². The van der Waals surface area contributed by atoms with E-state index in [-0.39, 0.29) is 5.41 Å². The molecule has 0 heterocycles. The highest BCUT2D eigenvalue weighted by molar-refractivity contribution is 5.45. The summed E-state index contributed by atoms with van der Waals surface area (Å²) in [6.07, 6.45) is 2.48. The first kappa shape index (κ1) is 10.9. The highest BCUT2D eigenvalue weighted by atomic mass is 19.1. The van der Waals surface area contributed by atoms with Crippen LogP contribution in [-0.4, -0.2) is 6.54 Å². The van der Waals surface area contributed by atoms with Crippen LogP contribution in [0.25, 0.3) is 0 Å². The molecular formula is C12H12F2N2. The summed E-state index contributed by atoms with van der Waals surface area (Å²) in [7, 11) is 0. The fourth-order valence-electron chi connectivity index (χ4n) is 1.68. The van der Waals surface area contributed by atoms with E-state index in [0.29, 0.717) is 18.7 Å². The Labute approximate surface area is 92.9 Å². The fourth-order valence-corrected chi connectivity index (χ4v) is 1.68. The summed E-state index contributed by atoms with van der Waals surface area (Å²) in [4.78, 5) is 0. The lowest BCUT2D eigenvalue weighted by atomic mass is 10.0. The Bertz CT molecular complexity index is 433. The topological polar surface area (TPSA) is 35.8 Å². The minimum atomic E-state index is -0.590. The molecule has 1 aromatic carbocycles. The van der Waals surface area contributed by atoms with Crippen LogP contribution in [0.2, 0.25) is 0 Å². The highest BCUT2D eigenvalue weighted by Crippen LogP contribution is 2.48. The minimum Gasteiger partial charge on any atom is -0.382 e. The third kappa shape index (κ3) is 2.30. The van der Waals surface area contributed by atoms with E-state index in [1.165, 1.54) is 12.1 Å². The normalized spacial score (nSPS) is 16.6. The van der Waals surface area contributed by atoms with Crippen LogP contribution in [0.3, 0.4) is 0 Å². The summed E-state index contributed by atoms with van der Waals surface area (Å²) in [6, 6.07) is 5.59. The van der Waals surface area contributed by atoms with E-state index < -0.39 is 11.6 Å². The van der Waals surface area contributed by atoms with Gasteiger partial charge in [0.1, 0.15) is 11.6 Å². The third-order valence-electron chi connectivity index (χ3n) is 3.00. The van der Waals surface area contributed by atoms with E-state index in [2.05, 4.69) is 11.4 Å². The summed E-state index contributed by atoms with van der Waals surface area (Å²) >= 11 is 0. The first-order valence-corrected chi connectivity index (χ1v) is 5.21. The van der Waals surface area contributed by atoms with Gasteiger partial charge in [-0.1, -0.05) is 0 Å². The van der Waals surface area contributed by atoms with Gasteiger partial charge in [0.25, 0.3) is 0 Å². The van der Waals surface area contributed by atoms with E-state index in [0.717, 1.165) is 18.9 Å². The molecular weight excluding hydrogens is 210 g/mol. The summed E-state index contributed by atoms with van der Waals surface area (Å²) in [5.41, 5.74) is 0.306. The zero-order valence-electron chi connectivity index (χ0n) is 8.76. The number of nitrogens with one attached hydrogen (secondary N) is 1. The molecule has 1 aliphatic carbocycles. The van der Waals surface area contributed by atoms with Gasteiger partial charge in [-0.05, 0) is 25.0 Å². The zero-order chi connectivity index (χ0) is 11.6. The van der Waals surface area contributed by atoms with Crippen LogP contribution in [0.5, 0.6) is 0 Å². The monoisotopic (exact) mass is 222 g/mol. The molecule has 0 aromatic heterocycles. The summed E-state index contributed by atoms with van der Waals surface area (Å²) in [5, 5.41) is 11.6. The molecule has 0 bridgehead atoms. The van der Waals surface area contributed by atoms with Gasteiger partial charge in [-0.25, -0.2) is 8.78 Å². The molecule has 2 nitrogen and oxygen atoms in total. The van der Waals surface area contributed by atoms with Crippen molar-refractivity contribution in [2.45, 2.75) is 19.3 Å². The van der Waals surface area contributed by atoms with Crippen LogP contribution >= 0.6 is 0 Å². The molecule has 1 saturated carbocycles. The Kier molecular flexibility index (Phi) is 2.78. The van der Waals surface area contributed by atoms with Gasteiger partial charge in [0, 0.05) is 24.4 Å². The molecule has 84 valence electrons. The van der Waals surface area contributed by atoms with Gasteiger partial charge in [0.05, 0.1) is 11.8 Å². The second kappa shape index (κ2) is 4.09. The molecule has 0 aliphatic heterocycles. The number of benzene rings is 1.